The van der Waals surface area contributed by atoms with Crippen LogP contribution in [0.4, 0.5) is 0 Å². The Labute approximate surface area is 181 Å². The lowest BCUT2D eigenvalue weighted by Crippen LogP contribution is -2.44. The molecule has 0 spiro atoms. The Morgan fingerprint density at radius 1 is 1.29 bits per heavy atom. The summed E-state index contributed by atoms with van der Waals surface area (Å²) in [6.45, 7) is 3.43. The van der Waals surface area contributed by atoms with E-state index in [1.807, 2.05) is 31.3 Å². The Bertz CT molecular complexity index is 1190. The number of aromatic amines is 1. The van der Waals surface area contributed by atoms with Crippen molar-refractivity contribution in [2.24, 2.45) is 0 Å². The first-order chi connectivity index (χ1) is 14.9. The predicted octanol–water partition coefficient (Wildman–Crippen LogP) is 1.49. The van der Waals surface area contributed by atoms with E-state index in [1.165, 1.54) is 0 Å². The van der Waals surface area contributed by atoms with Crippen LogP contribution in [0.3, 0.4) is 0 Å². The molecule has 4 rings (SSSR count). The normalized spacial score (nSPS) is 15.3. The Morgan fingerprint density at radius 2 is 2.06 bits per heavy atom. The van der Waals surface area contributed by atoms with Crippen LogP contribution in [0.25, 0.3) is 22.2 Å². The maximum atomic E-state index is 11.6. The van der Waals surface area contributed by atoms with Gasteiger partial charge in [-0.1, -0.05) is 0 Å². The molecule has 1 aliphatic rings. The van der Waals surface area contributed by atoms with Crippen molar-refractivity contribution in [1.82, 2.24) is 14.7 Å². The number of fused-ring (bicyclic) bond motifs is 1. The van der Waals surface area contributed by atoms with E-state index < -0.39 is 10.0 Å². The van der Waals surface area contributed by atoms with Gasteiger partial charge in [0, 0.05) is 43.6 Å². The molecule has 3 aromatic heterocycles. The van der Waals surface area contributed by atoms with Crippen LogP contribution in [0.5, 0.6) is 5.88 Å². The van der Waals surface area contributed by atoms with Gasteiger partial charge in [-0.25, -0.2) is 23.1 Å². The summed E-state index contributed by atoms with van der Waals surface area (Å²) in [6, 6.07) is 5.92. The smallest absolute Gasteiger partial charge is 0.326 e. The van der Waals surface area contributed by atoms with Crippen LogP contribution >= 0.6 is 0 Å². The minimum Gasteiger partial charge on any atom is -0.474 e. The van der Waals surface area contributed by atoms with Crippen molar-refractivity contribution < 1.29 is 27.5 Å². The molecule has 31 heavy (non-hydrogen) atoms. The first-order valence-electron chi connectivity index (χ1n) is 10.1. The van der Waals surface area contributed by atoms with Crippen LogP contribution < -0.4 is 19.0 Å². The number of nitrogens with one attached hydrogen (secondary N) is 2. The Morgan fingerprint density at radius 3 is 2.77 bits per heavy atom. The number of rotatable bonds is 7. The van der Waals surface area contributed by atoms with Crippen molar-refractivity contribution in [2.75, 3.05) is 26.6 Å². The van der Waals surface area contributed by atoms with Gasteiger partial charge < -0.3 is 14.3 Å². The molecule has 1 fully saturated rings. The molecule has 0 atom stereocenters. The molecule has 0 aromatic carbocycles. The molecule has 9 nitrogen and oxygen atoms in total. The zero-order chi connectivity index (χ0) is 22.0. The second kappa shape index (κ2) is 8.81. The fourth-order valence-electron chi connectivity index (χ4n) is 3.77. The molecule has 0 amide bonds. The van der Waals surface area contributed by atoms with Gasteiger partial charge in [0.2, 0.25) is 15.9 Å². The zero-order valence-corrected chi connectivity index (χ0v) is 18.7. The summed E-state index contributed by atoms with van der Waals surface area (Å²) in [7, 11) is -1.71. The number of H-pyrrole nitrogens is 1. The molecule has 3 aromatic rings. The Kier molecular flexibility index (Phi) is 6.12. The van der Waals surface area contributed by atoms with Crippen LogP contribution in [0.15, 0.2) is 30.6 Å². The van der Waals surface area contributed by atoms with Crippen molar-refractivity contribution >= 4 is 21.1 Å². The molecule has 2 N–H and O–H groups in total. The van der Waals surface area contributed by atoms with E-state index in [0.717, 1.165) is 52.5 Å². The van der Waals surface area contributed by atoms with Crippen molar-refractivity contribution in [3.8, 4) is 17.0 Å². The molecular formula is C21H27N4O5S+. The van der Waals surface area contributed by atoms with E-state index in [2.05, 4.69) is 14.7 Å². The summed E-state index contributed by atoms with van der Waals surface area (Å²) < 4.78 is 39.1. The quantitative estimate of drug-likeness (QED) is 0.532. The van der Waals surface area contributed by atoms with Crippen LogP contribution in [-0.2, 0) is 21.3 Å². The monoisotopic (exact) mass is 447 g/mol. The molecule has 0 saturated carbocycles. The average Bonchev–Trinajstić information content (AvgIpc) is 3.22. The molecule has 10 heteroatoms. The van der Waals surface area contributed by atoms with Gasteiger partial charge in [-0.15, -0.1) is 0 Å². The third-order valence-electron chi connectivity index (χ3n) is 5.26. The van der Waals surface area contributed by atoms with Crippen molar-refractivity contribution in [3.63, 3.8) is 0 Å². The number of sulfonamides is 1. The van der Waals surface area contributed by atoms with Gasteiger partial charge in [-0.2, -0.15) is 0 Å². The second-order valence-electron chi connectivity index (χ2n) is 7.64. The van der Waals surface area contributed by atoms with E-state index >= 15 is 0 Å². The fourth-order valence-corrected chi connectivity index (χ4v) is 4.20. The van der Waals surface area contributed by atoms with Gasteiger partial charge >= 0.3 is 5.65 Å². The topological polar surface area (TPSA) is 106 Å². The number of aromatic nitrogens is 3. The first-order valence-corrected chi connectivity index (χ1v) is 12.0. The lowest BCUT2D eigenvalue weighted by molar-refractivity contribution is -0.870. The third-order valence-corrected chi connectivity index (χ3v) is 5.93. The van der Waals surface area contributed by atoms with E-state index in [0.29, 0.717) is 19.1 Å². The molecule has 4 heterocycles. The van der Waals surface area contributed by atoms with Gasteiger partial charge in [0.05, 0.1) is 31.1 Å². The number of nitrogens with zero attached hydrogens (tertiary/aromatic N) is 2. The SMILES string of the molecule is CO[n+]1c(C)cc(-c2cc(CNS(C)(=O)=O)cnc2OC2CCOCC2)c2cc[nH]c21. The third kappa shape index (κ3) is 4.81. The highest BCUT2D eigenvalue weighted by atomic mass is 32.2. The molecule has 0 unspecified atom stereocenters. The number of aryl methyl sites for hydroxylation is 1. The molecule has 166 valence electrons. The van der Waals surface area contributed by atoms with E-state index in [4.69, 9.17) is 14.3 Å². The van der Waals surface area contributed by atoms with Crippen molar-refractivity contribution in [1.29, 1.82) is 0 Å². The van der Waals surface area contributed by atoms with E-state index in [-0.39, 0.29) is 12.6 Å². The summed E-state index contributed by atoms with van der Waals surface area (Å²) in [5.74, 6) is 0.520. The number of hydrogen-bond acceptors (Lipinski definition) is 6. The summed E-state index contributed by atoms with van der Waals surface area (Å²) in [6.07, 6.45) is 6.26. The second-order valence-corrected chi connectivity index (χ2v) is 9.47. The molecule has 0 bridgehead atoms. The first kappa shape index (κ1) is 21.5. The molecular weight excluding hydrogens is 420 g/mol. The van der Waals surface area contributed by atoms with Gasteiger partial charge in [0.1, 0.15) is 18.9 Å². The zero-order valence-electron chi connectivity index (χ0n) is 17.8. The highest BCUT2D eigenvalue weighted by molar-refractivity contribution is 7.88. The van der Waals surface area contributed by atoms with Gasteiger partial charge in [0.25, 0.3) is 0 Å². The lowest BCUT2D eigenvalue weighted by Gasteiger charge is -2.24. The predicted molar refractivity (Wildman–Crippen MR) is 115 cm³/mol. The number of ether oxygens (including phenoxy) is 2. The minimum absolute atomic E-state index is 0.0235. The Balaban J connectivity index is 1.81. The van der Waals surface area contributed by atoms with Crippen LogP contribution in [-0.4, -0.2) is 51.1 Å². The van der Waals surface area contributed by atoms with E-state index in [1.54, 1.807) is 18.0 Å². The highest BCUT2D eigenvalue weighted by Crippen LogP contribution is 2.35. The van der Waals surface area contributed by atoms with Crippen molar-refractivity contribution in [2.45, 2.75) is 32.4 Å². The maximum Gasteiger partial charge on any atom is 0.326 e. The van der Waals surface area contributed by atoms with E-state index in [9.17, 15) is 8.42 Å². The van der Waals surface area contributed by atoms with Crippen LogP contribution in [0.1, 0.15) is 24.1 Å². The Hall–Kier alpha value is -2.69. The van der Waals surface area contributed by atoms with Crippen molar-refractivity contribution in [3.05, 3.63) is 41.9 Å². The molecule has 0 radical (unpaired) electrons. The lowest BCUT2D eigenvalue weighted by atomic mass is 10.0. The standard InChI is InChI=1S/C21H26N4O5S/c1-14-10-18(17-4-7-22-20(17)25(14)28-2)19-11-15(13-24-31(3,26)27)12-23-21(19)30-16-5-8-29-9-6-16/h4,7,10-12,16,24H,5-6,8-9,13H2,1-3H3/p+1. The fraction of sp³-hybridized carbons (Fsp3) is 0.429. The minimum atomic E-state index is -3.32. The van der Waals surface area contributed by atoms with Crippen LogP contribution in [0, 0.1) is 6.92 Å². The maximum absolute atomic E-state index is 11.6. The molecule has 0 aliphatic carbocycles. The summed E-state index contributed by atoms with van der Waals surface area (Å²) in [5.41, 5.74) is 4.18. The summed E-state index contributed by atoms with van der Waals surface area (Å²) in [4.78, 5) is 13.3. The largest absolute Gasteiger partial charge is 0.474 e. The van der Waals surface area contributed by atoms with Gasteiger partial charge in [0.15, 0.2) is 0 Å². The van der Waals surface area contributed by atoms with Gasteiger partial charge in [-0.05, 0) is 28.5 Å². The highest BCUT2D eigenvalue weighted by Gasteiger charge is 2.23. The molecule has 1 aliphatic heterocycles. The average molecular weight is 448 g/mol. The number of hydrogen-bond donors (Lipinski definition) is 2. The van der Waals surface area contributed by atoms with Crippen LogP contribution in [0.2, 0.25) is 0 Å². The summed E-state index contributed by atoms with van der Waals surface area (Å²) >= 11 is 0. The number of pyridine rings is 2. The summed E-state index contributed by atoms with van der Waals surface area (Å²) in [5, 5.41) is 0.944. The molecule has 1 saturated heterocycles. The van der Waals surface area contributed by atoms with Gasteiger partial charge in [-0.3, -0.25) is 0 Å².